The largest absolute Gasteiger partial charge is 0.332 e. The maximum atomic E-state index is 12.3. The Morgan fingerprint density at radius 3 is 3.03 bits per heavy atom. The summed E-state index contributed by atoms with van der Waals surface area (Å²) in [4.78, 5) is 28.6. The molecule has 0 fully saturated rings. The molecule has 0 radical (unpaired) electrons. The van der Waals surface area contributed by atoms with E-state index in [0.29, 0.717) is 23.8 Å². The van der Waals surface area contributed by atoms with E-state index >= 15 is 0 Å². The molecule has 0 unspecified atom stereocenters. The van der Waals surface area contributed by atoms with Crippen molar-refractivity contribution in [3.63, 3.8) is 0 Å². The van der Waals surface area contributed by atoms with Crippen molar-refractivity contribution in [2.45, 2.75) is 19.9 Å². The number of aromatic amines is 2. The van der Waals surface area contributed by atoms with Crippen LogP contribution in [0.3, 0.4) is 0 Å². The number of hydrazone groups is 1. The van der Waals surface area contributed by atoms with E-state index < -0.39 is 0 Å². The molecule has 0 aliphatic carbocycles. The van der Waals surface area contributed by atoms with Gasteiger partial charge >= 0.3 is 0 Å². The number of hydrogen-bond donors (Lipinski definition) is 3. The fourth-order valence-electron chi connectivity index (χ4n) is 3.72. The van der Waals surface area contributed by atoms with Gasteiger partial charge in [-0.2, -0.15) is 15.3 Å². The fraction of sp³-hybridized carbons (Fsp3) is 0.182. The molecule has 0 saturated carbocycles. The molecule has 4 aromatic heterocycles. The van der Waals surface area contributed by atoms with Gasteiger partial charge in [-0.15, -0.1) is 0 Å². The number of anilines is 1. The number of aromatic nitrogens is 6. The number of benzene rings is 1. The molecule has 12 heteroatoms. The van der Waals surface area contributed by atoms with E-state index in [1.807, 2.05) is 36.7 Å². The van der Waals surface area contributed by atoms with Gasteiger partial charge in [-0.1, -0.05) is 23.5 Å². The van der Waals surface area contributed by atoms with Crippen LogP contribution in [-0.4, -0.2) is 53.5 Å². The summed E-state index contributed by atoms with van der Waals surface area (Å²) in [5.74, 6) is -0.196. The molecule has 0 saturated heterocycles. The summed E-state index contributed by atoms with van der Waals surface area (Å²) in [7, 11) is 1.90. The van der Waals surface area contributed by atoms with E-state index in [4.69, 9.17) is 0 Å². The van der Waals surface area contributed by atoms with Crippen molar-refractivity contribution in [1.29, 1.82) is 0 Å². The van der Waals surface area contributed by atoms with Gasteiger partial charge in [0.05, 0.1) is 41.3 Å². The summed E-state index contributed by atoms with van der Waals surface area (Å²) in [6.07, 6.45) is 5.92. The van der Waals surface area contributed by atoms with Crippen molar-refractivity contribution >= 4 is 56.3 Å². The smallest absolute Gasteiger partial charge is 0.232 e. The summed E-state index contributed by atoms with van der Waals surface area (Å²) in [5.41, 5.74) is 5.03. The number of thiazole rings is 1. The second kappa shape index (κ2) is 8.90. The van der Waals surface area contributed by atoms with E-state index in [9.17, 15) is 9.59 Å². The van der Waals surface area contributed by atoms with Gasteiger partial charge in [-0.05, 0) is 24.6 Å². The Kier molecular flexibility index (Phi) is 5.64. The number of H-pyrrole nitrogens is 2. The first-order chi connectivity index (χ1) is 16.5. The highest BCUT2D eigenvalue weighted by atomic mass is 32.1. The predicted octanol–water partition coefficient (Wildman–Crippen LogP) is 2.72. The van der Waals surface area contributed by atoms with Gasteiger partial charge in [0.15, 0.2) is 10.8 Å². The number of aryl methyl sites for hydroxylation is 1. The van der Waals surface area contributed by atoms with E-state index in [1.54, 1.807) is 24.7 Å². The highest BCUT2D eigenvalue weighted by Gasteiger charge is 2.18. The molecule has 0 aliphatic heterocycles. The first kappa shape index (κ1) is 21.5. The van der Waals surface area contributed by atoms with Crippen LogP contribution in [0, 0.1) is 6.92 Å². The quantitative estimate of drug-likeness (QED) is 0.180. The van der Waals surface area contributed by atoms with Crippen LogP contribution in [0.2, 0.25) is 0 Å². The minimum absolute atomic E-state index is 0.157. The predicted molar refractivity (Wildman–Crippen MR) is 130 cm³/mol. The molecule has 0 atom stereocenters. The minimum Gasteiger partial charge on any atom is -0.332 e. The second-order valence-corrected chi connectivity index (χ2v) is 8.72. The van der Waals surface area contributed by atoms with Crippen LogP contribution in [0.15, 0.2) is 41.8 Å². The zero-order valence-corrected chi connectivity index (χ0v) is 19.3. The zero-order chi connectivity index (χ0) is 23.7. The first-order valence-electron chi connectivity index (χ1n) is 10.4. The average molecular weight is 476 g/mol. The second-order valence-electron chi connectivity index (χ2n) is 7.72. The van der Waals surface area contributed by atoms with Crippen molar-refractivity contribution in [2.24, 2.45) is 12.1 Å². The Labute approximate surface area is 197 Å². The van der Waals surface area contributed by atoms with Gasteiger partial charge in [0.25, 0.3) is 0 Å². The molecule has 5 aromatic rings. The molecule has 11 nitrogen and oxygen atoms in total. The molecule has 0 aliphatic rings. The molecular weight excluding hydrogens is 454 g/mol. The number of hydrogen-bond acceptors (Lipinski definition) is 7. The number of nitrogens with zero attached hydrogens (tertiary/aromatic N) is 6. The van der Waals surface area contributed by atoms with Crippen LogP contribution >= 0.6 is 11.3 Å². The first-order valence-corrected chi connectivity index (χ1v) is 11.3. The molecule has 5 rings (SSSR count). The monoisotopic (exact) mass is 475 g/mol. The maximum Gasteiger partial charge on any atom is 0.232 e. The Morgan fingerprint density at radius 1 is 1.35 bits per heavy atom. The Bertz CT molecular complexity index is 1510. The van der Waals surface area contributed by atoms with Crippen LogP contribution in [0.1, 0.15) is 22.5 Å². The lowest BCUT2D eigenvalue weighted by Gasteiger charge is -2.11. The van der Waals surface area contributed by atoms with Crippen LogP contribution < -0.4 is 5.32 Å². The van der Waals surface area contributed by atoms with E-state index in [0.717, 1.165) is 38.1 Å². The normalized spacial score (nSPS) is 11.6. The number of nitrogens with one attached hydrogen (secondary N) is 3. The fourth-order valence-corrected chi connectivity index (χ4v) is 4.80. The number of amides is 2. The Balaban J connectivity index is 1.37. The SMILES string of the molecule is Cc1c(/C=N\N(C=O)Cc2cccc3[nH]ncc23)c2sc(NC(=O)Cc3cc[nH]n3)nc2n1C. The van der Waals surface area contributed by atoms with Crippen molar-refractivity contribution < 1.29 is 9.59 Å². The summed E-state index contributed by atoms with van der Waals surface area (Å²) in [6, 6.07) is 7.53. The van der Waals surface area contributed by atoms with Crippen LogP contribution in [-0.2, 0) is 29.6 Å². The van der Waals surface area contributed by atoms with Gasteiger partial charge in [0.1, 0.15) is 0 Å². The highest BCUT2D eigenvalue weighted by molar-refractivity contribution is 7.22. The van der Waals surface area contributed by atoms with Crippen LogP contribution in [0.25, 0.3) is 21.3 Å². The van der Waals surface area contributed by atoms with E-state index in [1.165, 1.54) is 16.3 Å². The topological polar surface area (TPSA) is 137 Å². The van der Waals surface area contributed by atoms with E-state index in [2.05, 4.69) is 35.8 Å². The molecule has 1 aromatic carbocycles. The lowest BCUT2D eigenvalue weighted by atomic mass is 10.1. The van der Waals surface area contributed by atoms with Crippen molar-refractivity contribution in [1.82, 2.24) is 35.0 Å². The van der Waals surface area contributed by atoms with Gasteiger partial charge < -0.3 is 9.88 Å². The third-order valence-corrected chi connectivity index (χ3v) is 6.57. The Hall–Kier alpha value is -4.32. The standard InChI is InChI=1S/C22H21N9O2S/c1-13-16(10-25-31(12-32)11-14-4-3-5-18-17(14)9-24-29-18)20-21(30(13)2)27-22(34-20)26-19(33)8-15-6-7-23-28-15/h3-7,9-10,12H,8,11H2,1-2H3,(H,23,28)(H,24,29)(H,26,27,33)/b25-10-. The molecule has 34 heavy (non-hydrogen) atoms. The molecule has 172 valence electrons. The third kappa shape index (κ3) is 4.06. The number of fused-ring (bicyclic) bond motifs is 2. The lowest BCUT2D eigenvalue weighted by Crippen LogP contribution is -2.15. The van der Waals surface area contributed by atoms with Gasteiger partial charge in [0, 0.05) is 29.9 Å². The molecule has 0 spiro atoms. The highest BCUT2D eigenvalue weighted by Crippen LogP contribution is 2.32. The number of rotatable bonds is 8. The summed E-state index contributed by atoms with van der Waals surface area (Å²) in [5, 5.41) is 23.7. The van der Waals surface area contributed by atoms with Crippen molar-refractivity contribution in [3.8, 4) is 0 Å². The van der Waals surface area contributed by atoms with Crippen molar-refractivity contribution in [2.75, 3.05) is 5.32 Å². The zero-order valence-electron chi connectivity index (χ0n) is 18.4. The maximum absolute atomic E-state index is 12.3. The van der Waals surface area contributed by atoms with Gasteiger partial charge in [-0.3, -0.25) is 19.8 Å². The van der Waals surface area contributed by atoms with Crippen LogP contribution in [0.4, 0.5) is 5.13 Å². The van der Waals surface area contributed by atoms with E-state index in [-0.39, 0.29) is 12.3 Å². The third-order valence-electron chi connectivity index (χ3n) is 5.58. The number of carbonyl (C=O) groups is 2. The summed E-state index contributed by atoms with van der Waals surface area (Å²) >= 11 is 1.36. The molecule has 2 amide bonds. The van der Waals surface area contributed by atoms with Gasteiger partial charge in [-0.25, -0.2) is 9.99 Å². The summed E-state index contributed by atoms with van der Waals surface area (Å²) in [6.45, 7) is 2.27. The van der Waals surface area contributed by atoms with Crippen molar-refractivity contribution in [3.05, 3.63) is 59.2 Å². The molecule has 3 N–H and O–H groups in total. The molecule has 0 bridgehead atoms. The average Bonchev–Trinajstić information content (AvgIpc) is 3.61. The number of carbonyl (C=O) groups excluding carboxylic acids is 2. The molecule has 4 heterocycles. The lowest BCUT2D eigenvalue weighted by molar-refractivity contribution is -0.118. The van der Waals surface area contributed by atoms with Crippen LogP contribution in [0.5, 0.6) is 0 Å². The molecular formula is C22H21N9O2S. The minimum atomic E-state index is -0.196. The van der Waals surface area contributed by atoms with Gasteiger partial charge in [0.2, 0.25) is 12.3 Å². The summed E-state index contributed by atoms with van der Waals surface area (Å²) < 4.78 is 2.81. The Morgan fingerprint density at radius 2 is 2.24 bits per heavy atom.